The van der Waals surface area contributed by atoms with E-state index in [9.17, 15) is 29.1 Å². The summed E-state index contributed by atoms with van der Waals surface area (Å²) in [5.74, 6) is 0. The summed E-state index contributed by atoms with van der Waals surface area (Å²) >= 11 is 0. The van der Waals surface area contributed by atoms with Gasteiger partial charge in [0.25, 0.3) is 0 Å². The highest BCUT2D eigenvalue weighted by Gasteiger charge is 2.36. The second-order valence-electron chi connectivity index (χ2n) is 13.9. The molecule has 0 radical (unpaired) electrons. The zero-order valence-electron chi connectivity index (χ0n) is 29.8. The fraction of sp³-hybridized carbons (Fsp3) is 0.528. The van der Waals surface area contributed by atoms with Crippen LogP contribution in [0.2, 0.25) is 0 Å². The molecule has 2 aliphatic rings. The number of aliphatic hydroxyl groups is 1. The molecule has 2 saturated heterocycles. The minimum absolute atomic E-state index is 0.0936. The van der Waals surface area contributed by atoms with Gasteiger partial charge in [-0.1, -0.05) is 60.7 Å². The smallest absolute Gasteiger partial charge is 0.411 e. The molecule has 50 heavy (non-hydrogen) atoms. The van der Waals surface area contributed by atoms with Gasteiger partial charge in [0, 0.05) is 32.7 Å². The molecule has 274 valence electrons. The van der Waals surface area contributed by atoms with Gasteiger partial charge < -0.3 is 38.6 Å². The fourth-order valence-electron chi connectivity index (χ4n) is 5.00. The third kappa shape index (κ3) is 12.9. The van der Waals surface area contributed by atoms with Crippen molar-refractivity contribution in [3.05, 3.63) is 71.8 Å². The Morgan fingerprint density at radius 2 is 1.08 bits per heavy atom. The zero-order chi connectivity index (χ0) is 36.9. The van der Waals surface area contributed by atoms with Crippen molar-refractivity contribution in [2.75, 3.05) is 45.9 Å². The Hall–Kier alpha value is -4.85. The first kappa shape index (κ1) is 39.6. The Bertz CT molecular complexity index is 1410. The molecule has 2 aromatic carbocycles. The molecule has 2 fully saturated rings. The highest BCUT2D eigenvalue weighted by Crippen LogP contribution is 2.18. The number of rotatable bonds is 6. The molecule has 2 aromatic rings. The van der Waals surface area contributed by atoms with Crippen LogP contribution >= 0.6 is 0 Å². The van der Waals surface area contributed by atoms with Crippen LogP contribution in [0.4, 0.5) is 19.2 Å². The number of piperazine rings is 2. The van der Waals surface area contributed by atoms with Gasteiger partial charge in [-0.25, -0.2) is 19.2 Å². The summed E-state index contributed by atoms with van der Waals surface area (Å²) in [6, 6.07) is 17.5. The zero-order valence-corrected chi connectivity index (χ0v) is 29.8. The van der Waals surface area contributed by atoms with E-state index in [0.29, 0.717) is 19.4 Å². The molecule has 0 spiro atoms. The van der Waals surface area contributed by atoms with Gasteiger partial charge in [0.15, 0.2) is 0 Å². The molecule has 0 bridgehead atoms. The quantitative estimate of drug-likeness (QED) is 0.332. The maximum atomic E-state index is 12.2. The summed E-state index contributed by atoms with van der Waals surface area (Å²) in [5.41, 5.74) is 0.538. The molecule has 14 heteroatoms. The highest BCUT2D eigenvalue weighted by molar-refractivity contribution is 5.76. The number of aliphatic hydroxyl groups excluding tert-OH is 1. The van der Waals surface area contributed by atoms with Crippen LogP contribution in [-0.2, 0) is 37.0 Å². The Balaban J connectivity index is 0.000000270. The third-order valence-corrected chi connectivity index (χ3v) is 7.45. The molecule has 1 N–H and O–H groups in total. The monoisotopic (exact) mass is 698 g/mol. The second-order valence-corrected chi connectivity index (χ2v) is 13.9. The van der Waals surface area contributed by atoms with Crippen LogP contribution in [0.15, 0.2) is 60.7 Å². The van der Waals surface area contributed by atoms with E-state index in [0.717, 1.165) is 11.1 Å². The molecule has 4 amide bonds. The molecule has 2 atom stereocenters. The van der Waals surface area contributed by atoms with E-state index in [4.69, 9.17) is 18.9 Å². The van der Waals surface area contributed by atoms with E-state index in [2.05, 4.69) is 0 Å². The predicted octanol–water partition coefficient (Wildman–Crippen LogP) is 4.68. The fourth-order valence-corrected chi connectivity index (χ4v) is 5.00. The van der Waals surface area contributed by atoms with Crippen molar-refractivity contribution < 1.29 is 48.0 Å². The van der Waals surface area contributed by atoms with Crippen LogP contribution in [0.25, 0.3) is 0 Å². The van der Waals surface area contributed by atoms with Gasteiger partial charge in [-0.15, -0.1) is 0 Å². The molecule has 0 saturated carbocycles. The van der Waals surface area contributed by atoms with Crippen molar-refractivity contribution >= 4 is 30.7 Å². The largest absolute Gasteiger partial charge is 0.445 e. The van der Waals surface area contributed by atoms with E-state index in [1.54, 1.807) is 41.5 Å². The van der Waals surface area contributed by atoms with E-state index in [-0.39, 0.29) is 46.0 Å². The number of benzene rings is 2. The Kier molecular flexibility index (Phi) is 14.4. The van der Waals surface area contributed by atoms with Crippen molar-refractivity contribution in [1.29, 1.82) is 0 Å². The van der Waals surface area contributed by atoms with E-state index in [1.165, 1.54) is 19.6 Å². The number of hydrogen-bond acceptors (Lipinski definition) is 10. The van der Waals surface area contributed by atoms with E-state index < -0.39 is 47.7 Å². The predicted molar refractivity (Wildman–Crippen MR) is 183 cm³/mol. The number of ether oxygens (including phenoxy) is 4. The lowest BCUT2D eigenvalue weighted by Gasteiger charge is -2.40. The van der Waals surface area contributed by atoms with Gasteiger partial charge in [0.2, 0.25) is 0 Å². The SMILES string of the molecule is CC(C)(C)OC(=O)N1CCN(C(=O)OCc2ccccc2)CC1C=O.CC(C)(C)OC(=O)N1CCN(C(=O)OCc2ccccc2)CC1CO. The van der Waals surface area contributed by atoms with Crippen LogP contribution in [0.3, 0.4) is 0 Å². The average molecular weight is 699 g/mol. The average Bonchev–Trinajstić information content (AvgIpc) is 3.08. The van der Waals surface area contributed by atoms with Crippen molar-refractivity contribution in [3.63, 3.8) is 0 Å². The Labute approximate surface area is 293 Å². The Morgan fingerprint density at radius 3 is 1.50 bits per heavy atom. The summed E-state index contributed by atoms with van der Waals surface area (Å²) < 4.78 is 21.2. The highest BCUT2D eigenvalue weighted by atomic mass is 16.6. The first-order chi connectivity index (χ1) is 23.6. The maximum Gasteiger partial charge on any atom is 0.411 e. The minimum Gasteiger partial charge on any atom is -0.445 e. The van der Waals surface area contributed by atoms with Crippen LogP contribution in [0.5, 0.6) is 0 Å². The first-order valence-electron chi connectivity index (χ1n) is 16.6. The molecule has 2 heterocycles. The van der Waals surface area contributed by atoms with Crippen molar-refractivity contribution in [2.45, 2.75) is 78.0 Å². The van der Waals surface area contributed by atoms with E-state index in [1.807, 2.05) is 60.7 Å². The summed E-state index contributed by atoms with van der Waals surface area (Å²) in [6.45, 7) is 12.2. The summed E-state index contributed by atoms with van der Waals surface area (Å²) in [4.78, 5) is 65.9. The normalized spacial score (nSPS) is 17.9. The second kappa shape index (κ2) is 18.2. The van der Waals surface area contributed by atoms with Crippen LogP contribution in [-0.4, -0.2) is 125 Å². The van der Waals surface area contributed by atoms with Gasteiger partial charge in [0.1, 0.15) is 36.7 Å². The lowest BCUT2D eigenvalue weighted by Crippen LogP contribution is -2.58. The van der Waals surface area contributed by atoms with Crippen LogP contribution < -0.4 is 0 Å². The van der Waals surface area contributed by atoms with Gasteiger partial charge in [-0.05, 0) is 52.7 Å². The number of carbonyl (C=O) groups is 5. The molecule has 2 aliphatic heterocycles. The molecule has 0 aliphatic carbocycles. The van der Waals surface area contributed by atoms with E-state index >= 15 is 0 Å². The standard InChI is InChI=1S/C18H26N2O5.C18H24N2O5/c2*1-18(2,3)25-17(23)20-10-9-19(11-15(20)12-21)16(22)24-13-14-7-5-4-6-8-14/h4-8,15,21H,9-13H2,1-3H3;4-8,12,15H,9-11,13H2,1-3H3. The first-order valence-corrected chi connectivity index (χ1v) is 16.6. The lowest BCUT2D eigenvalue weighted by atomic mass is 10.2. The number of aldehydes is 1. The number of hydrogen-bond donors (Lipinski definition) is 1. The van der Waals surface area contributed by atoms with Gasteiger partial charge in [-0.2, -0.15) is 0 Å². The van der Waals surface area contributed by atoms with Gasteiger partial charge in [0.05, 0.1) is 19.2 Å². The summed E-state index contributed by atoms with van der Waals surface area (Å²) in [6.07, 6.45) is -1.34. The molecule has 14 nitrogen and oxygen atoms in total. The van der Waals surface area contributed by atoms with Crippen molar-refractivity contribution in [2.24, 2.45) is 0 Å². The lowest BCUT2D eigenvalue weighted by molar-refractivity contribution is -0.114. The van der Waals surface area contributed by atoms with Gasteiger partial charge >= 0.3 is 24.4 Å². The van der Waals surface area contributed by atoms with Gasteiger partial charge in [-0.3, -0.25) is 9.80 Å². The maximum absolute atomic E-state index is 12.2. The van der Waals surface area contributed by atoms with Crippen LogP contribution in [0.1, 0.15) is 52.7 Å². The Morgan fingerprint density at radius 1 is 0.660 bits per heavy atom. The van der Waals surface area contributed by atoms with Crippen LogP contribution in [0, 0.1) is 0 Å². The van der Waals surface area contributed by atoms with Crippen molar-refractivity contribution in [3.8, 4) is 0 Å². The minimum atomic E-state index is -0.743. The molecular weight excluding hydrogens is 648 g/mol. The molecule has 4 rings (SSSR count). The summed E-state index contributed by atoms with van der Waals surface area (Å²) in [5, 5.41) is 9.59. The number of amides is 4. The molecule has 0 aromatic heterocycles. The topological polar surface area (TPSA) is 155 Å². The molecular formula is C36H50N4O10. The number of carbonyl (C=O) groups excluding carboxylic acids is 5. The number of nitrogens with zero attached hydrogens (tertiary/aromatic N) is 4. The third-order valence-electron chi connectivity index (χ3n) is 7.45. The van der Waals surface area contributed by atoms with Crippen molar-refractivity contribution in [1.82, 2.24) is 19.6 Å². The summed E-state index contributed by atoms with van der Waals surface area (Å²) in [7, 11) is 0. The molecule has 2 unspecified atom stereocenters.